The van der Waals surface area contributed by atoms with Crippen molar-refractivity contribution in [1.82, 2.24) is 0 Å². The summed E-state index contributed by atoms with van der Waals surface area (Å²) in [6.45, 7) is 21.1. The molecule has 0 amide bonds. The molecule has 0 radical (unpaired) electrons. The van der Waals surface area contributed by atoms with Crippen LogP contribution in [-0.4, -0.2) is 36.6 Å². The molecule has 0 spiro atoms. The van der Waals surface area contributed by atoms with Crippen molar-refractivity contribution in [2.45, 2.75) is 130 Å². The Morgan fingerprint density at radius 1 is 0.667 bits per heavy atom. The van der Waals surface area contributed by atoms with Gasteiger partial charge in [-0.2, -0.15) is 0 Å². The van der Waals surface area contributed by atoms with Crippen molar-refractivity contribution in [2.24, 2.45) is 0 Å². The highest BCUT2D eigenvalue weighted by Gasteiger charge is 2.56. The lowest BCUT2D eigenvalue weighted by Crippen LogP contribution is -2.41. The van der Waals surface area contributed by atoms with Crippen LogP contribution in [0.25, 0.3) is 0 Å². The molecule has 0 saturated carbocycles. The van der Waals surface area contributed by atoms with Crippen molar-refractivity contribution >= 4 is 14.2 Å². The minimum atomic E-state index is -0.505. The van der Waals surface area contributed by atoms with E-state index in [1.807, 2.05) is 0 Å². The maximum atomic E-state index is 6.44. The van der Waals surface area contributed by atoms with Crippen LogP contribution in [0.1, 0.15) is 108 Å². The van der Waals surface area contributed by atoms with Gasteiger partial charge in [-0.1, -0.05) is 45.0 Å². The van der Waals surface area contributed by atoms with Crippen molar-refractivity contribution in [3.05, 3.63) is 10.9 Å². The van der Waals surface area contributed by atoms with Crippen LogP contribution in [0.3, 0.4) is 0 Å². The molecule has 0 unspecified atom stereocenters. The molecule has 0 aromatic carbocycles. The fourth-order valence-corrected chi connectivity index (χ4v) is 3.41. The van der Waals surface area contributed by atoms with Gasteiger partial charge in [0.05, 0.1) is 22.4 Å². The molecule has 0 N–H and O–H groups in total. The van der Waals surface area contributed by atoms with Crippen molar-refractivity contribution < 1.29 is 18.6 Å². The molecular formula is C24H42B2O4. The van der Waals surface area contributed by atoms with Gasteiger partial charge in [0.15, 0.2) is 0 Å². The molecule has 0 atom stereocenters. The molecule has 0 aromatic rings. The Balaban J connectivity index is 2.51. The third-order valence-electron chi connectivity index (χ3n) is 7.05. The van der Waals surface area contributed by atoms with Crippen molar-refractivity contribution in [3.8, 4) is 11.8 Å². The Morgan fingerprint density at radius 2 is 1.10 bits per heavy atom. The fraction of sp³-hybridized carbons (Fsp3) is 0.833. The predicted octanol–water partition coefficient (Wildman–Crippen LogP) is 5.93. The Hall–Kier alpha value is -0.730. The molecule has 30 heavy (non-hydrogen) atoms. The average Bonchev–Trinajstić information content (AvgIpc) is 2.96. The molecule has 0 bridgehead atoms. The van der Waals surface area contributed by atoms with E-state index in [2.05, 4.69) is 81.1 Å². The van der Waals surface area contributed by atoms with E-state index in [0.717, 1.165) is 49.5 Å². The third kappa shape index (κ3) is 5.36. The number of allylic oxidation sites excluding steroid dienone is 2. The predicted molar refractivity (Wildman–Crippen MR) is 126 cm³/mol. The first-order chi connectivity index (χ1) is 13.8. The van der Waals surface area contributed by atoms with Gasteiger partial charge in [-0.05, 0) is 73.7 Å². The van der Waals surface area contributed by atoms with Crippen LogP contribution in [0.15, 0.2) is 10.9 Å². The first-order valence-corrected chi connectivity index (χ1v) is 11.7. The summed E-state index contributed by atoms with van der Waals surface area (Å²) in [7, 11) is -0.939. The summed E-state index contributed by atoms with van der Waals surface area (Å²) in [5.74, 6) is 6.79. The lowest BCUT2D eigenvalue weighted by molar-refractivity contribution is 0.00578. The summed E-state index contributed by atoms with van der Waals surface area (Å²) >= 11 is 0. The monoisotopic (exact) mass is 416 g/mol. The van der Waals surface area contributed by atoms with Crippen LogP contribution in [0, 0.1) is 11.8 Å². The Bertz CT molecular complexity index is 666. The molecule has 168 valence electrons. The highest BCUT2D eigenvalue weighted by Crippen LogP contribution is 2.43. The lowest BCUT2D eigenvalue weighted by Gasteiger charge is -2.32. The molecule has 0 aliphatic carbocycles. The molecule has 6 heteroatoms. The fourth-order valence-electron chi connectivity index (χ4n) is 3.41. The van der Waals surface area contributed by atoms with E-state index in [-0.39, 0.29) is 0 Å². The first kappa shape index (κ1) is 25.5. The number of hydrogen-bond donors (Lipinski definition) is 0. The van der Waals surface area contributed by atoms with E-state index in [1.165, 1.54) is 0 Å². The topological polar surface area (TPSA) is 36.9 Å². The molecule has 2 fully saturated rings. The second-order valence-corrected chi connectivity index (χ2v) is 10.6. The van der Waals surface area contributed by atoms with Gasteiger partial charge in [0, 0.05) is 11.9 Å². The molecule has 2 aliphatic heterocycles. The molecule has 2 aliphatic rings. The zero-order valence-electron chi connectivity index (χ0n) is 21.0. The SMILES string of the molecule is CCCCC#CC(B1OC(C)(C)C(C)(C)O1)=C(CCCC)B1OC(C)(C)C(C)(C)O1. The molecule has 0 aromatic heterocycles. The third-order valence-corrected chi connectivity index (χ3v) is 7.05. The molecule has 4 nitrogen and oxygen atoms in total. The van der Waals surface area contributed by atoms with E-state index in [0.29, 0.717) is 0 Å². The van der Waals surface area contributed by atoms with Crippen molar-refractivity contribution in [3.63, 3.8) is 0 Å². The van der Waals surface area contributed by atoms with Crippen LogP contribution in [0.2, 0.25) is 0 Å². The average molecular weight is 416 g/mol. The van der Waals surface area contributed by atoms with Crippen LogP contribution < -0.4 is 0 Å². The Morgan fingerprint density at radius 3 is 1.53 bits per heavy atom. The molecule has 2 saturated heterocycles. The minimum Gasteiger partial charge on any atom is -0.400 e. The maximum Gasteiger partial charge on any atom is 0.503 e. The van der Waals surface area contributed by atoms with E-state index < -0.39 is 36.6 Å². The minimum absolute atomic E-state index is 0.397. The largest absolute Gasteiger partial charge is 0.503 e. The summed E-state index contributed by atoms with van der Waals surface area (Å²) in [6, 6.07) is 0. The summed E-state index contributed by atoms with van der Waals surface area (Å²) < 4.78 is 25.7. The Labute approximate surface area is 186 Å². The summed E-state index contributed by atoms with van der Waals surface area (Å²) in [6.07, 6.45) is 6.07. The smallest absolute Gasteiger partial charge is 0.400 e. The number of unbranched alkanes of at least 4 members (excludes halogenated alkanes) is 3. The highest BCUT2D eigenvalue weighted by atomic mass is 16.7. The van der Waals surface area contributed by atoms with Crippen LogP contribution >= 0.6 is 0 Å². The summed E-state index contributed by atoms with van der Waals surface area (Å²) in [5.41, 5.74) is 0.326. The zero-order chi connectivity index (χ0) is 22.8. The Kier molecular flexibility index (Phi) is 8.01. The summed E-state index contributed by atoms with van der Waals surface area (Å²) in [4.78, 5) is 0. The number of hydrogen-bond acceptors (Lipinski definition) is 4. The van der Waals surface area contributed by atoms with Crippen LogP contribution in [0.5, 0.6) is 0 Å². The van der Waals surface area contributed by atoms with Crippen molar-refractivity contribution in [1.29, 1.82) is 0 Å². The molecule has 2 heterocycles. The quantitative estimate of drug-likeness (QED) is 0.293. The maximum absolute atomic E-state index is 6.44. The zero-order valence-corrected chi connectivity index (χ0v) is 21.0. The second-order valence-electron chi connectivity index (χ2n) is 10.6. The lowest BCUT2D eigenvalue weighted by atomic mass is 9.63. The van der Waals surface area contributed by atoms with E-state index in [1.54, 1.807) is 0 Å². The molecule has 2 rings (SSSR count). The van der Waals surface area contributed by atoms with E-state index in [4.69, 9.17) is 18.6 Å². The van der Waals surface area contributed by atoms with Gasteiger partial charge in [-0.3, -0.25) is 0 Å². The summed E-state index contributed by atoms with van der Waals surface area (Å²) in [5, 5.41) is 0. The van der Waals surface area contributed by atoms with Crippen LogP contribution in [0.4, 0.5) is 0 Å². The second kappa shape index (κ2) is 9.41. The van der Waals surface area contributed by atoms with Gasteiger partial charge < -0.3 is 18.6 Å². The highest BCUT2D eigenvalue weighted by molar-refractivity contribution is 6.63. The number of rotatable bonds is 7. The standard InChI is InChI=1S/C24H42B2O4/c1-11-13-15-16-18-20(26-29-23(7,8)24(9,10)30-26)19(17-14-12-2)25-27-21(3,4)22(5,6)28-25/h11-15,17H2,1-10H3. The van der Waals surface area contributed by atoms with Gasteiger partial charge in [0.2, 0.25) is 0 Å². The van der Waals surface area contributed by atoms with Gasteiger partial charge >= 0.3 is 14.2 Å². The van der Waals surface area contributed by atoms with E-state index in [9.17, 15) is 0 Å². The van der Waals surface area contributed by atoms with Crippen molar-refractivity contribution in [2.75, 3.05) is 0 Å². The normalized spacial score (nSPS) is 24.5. The molecular weight excluding hydrogens is 374 g/mol. The first-order valence-electron chi connectivity index (χ1n) is 11.7. The van der Waals surface area contributed by atoms with Gasteiger partial charge in [0.25, 0.3) is 0 Å². The van der Waals surface area contributed by atoms with Gasteiger partial charge in [-0.15, -0.1) is 0 Å². The van der Waals surface area contributed by atoms with Gasteiger partial charge in [0.1, 0.15) is 0 Å². The van der Waals surface area contributed by atoms with Crippen LogP contribution in [-0.2, 0) is 18.6 Å². The van der Waals surface area contributed by atoms with Gasteiger partial charge in [-0.25, -0.2) is 0 Å². The van der Waals surface area contributed by atoms with E-state index >= 15 is 0 Å².